The SMILES string of the molecule is CC1=CC(COc2nc(C)nc3[nH]cnc23)CC=C1. The molecule has 5 nitrogen and oxygen atoms in total. The summed E-state index contributed by atoms with van der Waals surface area (Å²) in [5.41, 5.74) is 2.69. The van der Waals surface area contributed by atoms with E-state index in [1.54, 1.807) is 6.33 Å². The number of hydrogen-bond acceptors (Lipinski definition) is 4. The molecule has 1 atom stereocenters. The Morgan fingerprint density at radius 1 is 1.37 bits per heavy atom. The molecule has 0 fully saturated rings. The first kappa shape index (κ1) is 11.9. The van der Waals surface area contributed by atoms with Gasteiger partial charge < -0.3 is 9.72 Å². The predicted molar refractivity (Wildman–Crippen MR) is 72.9 cm³/mol. The molecule has 2 aromatic heterocycles. The van der Waals surface area contributed by atoms with Crippen LogP contribution in [0.1, 0.15) is 19.2 Å². The molecule has 0 aromatic carbocycles. The fourth-order valence-corrected chi connectivity index (χ4v) is 2.24. The summed E-state index contributed by atoms with van der Waals surface area (Å²) in [4.78, 5) is 15.8. The van der Waals surface area contributed by atoms with E-state index >= 15 is 0 Å². The third kappa shape index (κ3) is 2.50. The summed E-state index contributed by atoms with van der Waals surface area (Å²) in [6.07, 6.45) is 9.16. The fraction of sp³-hybridized carbons (Fsp3) is 0.357. The van der Waals surface area contributed by atoms with Gasteiger partial charge in [-0.15, -0.1) is 0 Å². The molecule has 0 amide bonds. The zero-order valence-electron chi connectivity index (χ0n) is 11.1. The van der Waals surface area contributed by atoms with Gasteiger partial charge in [-0.1, -0.05) is 23.8 Å². The highest BCUT2D eigenvalue weighted by molar-refractivity contribution is 5.75. The summed E-state index contributed by atoms with van der Waals surface area (Å²) in [6.45, 7) is 4.56. The minimum absolute atomic E-state index is 0.397. The number of aromatic nitrogens is 4. The molecule has 1 unspecified atom stereocenters. The highest BCUT2D eigenvalue weighted by atomic mass is 16.5. The number of H-pyrrole nitrogens is 1. The first-order chi connectivity index (χ1) is 9.22. The second-order valence-electron chi connectivity index (χ2n) is 4.80. The van der Waals surface area contributed by atoms with E-state index in [0.717, 1.165) is 12.1 Å². The third-order valence-electron chi connectivity index (χ3n) is 3.11. The Labute approximate surface area is 111 Å². The van der Waals surface area contributed by atoms with Crippen LogP contribution in [0.4, 0.5) is 0 Å². The van der Waals surface area contributed by atoms with Gasteiger partial charge in [-0.25, -0.2) is 9.97 Å². The summed E-state index contributed by atoms with van der Waals surface area (Å²) in [5, 5.41) is 0. The van der Waals surface area contributed by atoms with Gasteiger partial charge in [-0.05, 0) is 20.3 Å². The summed E-state index contributed by atoms with van der Waals surface area (Å²) < 4.78 is 5.83. The summed E-state index contributed by atoms with van der Waals surface area (Å²) >= 11 is 0. The number of hydrogen-bond donors (Lipinski definition) is 1. The zero-order chi connectivity index (χ0) is 13.2. The first-order valence-corrected chi connectivity index (χ1v) is 6.38. The molecule has 2 heterocycles. The van der Waals surface area contributed by atoms with Crippen LogP contribution in [0.5, 0.6) is 5.88 Å². The normalized spacial score (nSPS) is 18.6. The highest BCUT2D eigenvalue weighted by Gasteiger charge is 2.13. The van der Waals surface area contributed by atoms with Crippen molar-refractivity contribution in [1.82, 2.24) is 19.9 Å². The van der Waals surface area contributed by atoms with Crippen molar-refractivity contribution in [3.63, 3.8) is 0 Å². The maximum atomic E-state index is 5.83. The van der Waals surface area contributed by atoms with Crippen molar-refractivity contribution in [2.45, 2.75) is 20.3 Å². The van der Waals surface area contributed by atoms with Crippen molar-refractivity contribution in [2.75, 3.05) is 6.61 Å². The third-order valence-corrected chi connectivity index (χ3v) is 3.11. The molecule has 0 saturated heterocycles. The summed E-state index contributed by atoms with van der Waals surface area (Å²) in [6, 6.07) is 0. The average molecular weight is 256 g/mol. The van der Waals surface area contributed by atoms with Crippen molar-refractivity contribution >= 4 is 11.2 Å². The van der Waals surface area contributed by atoms with E-state index in [9.17, 15) is 0 Å². The Kier molecular flexibility index (Phi) is 3.03. The van der Waals surface area contributed by atoms with Crippen LogP contribution < -0.4 is 4.74 Å². The number of aromatic amines is 1. The number of aryl methyl sites for hydroxylation is 1. The minimum Gasteiger partial charge on any atom is -0.475 e. The van der Waals surface area contributed by atoms with Crippen molar-refractivity contribution < 1.29 is 4.74 Å². The topological polar surface area (TPSA) is 63.7 Å². The van der Waals surface area contributed by atoms with E-state index in [4.69, 9.17) is 4.74 Å². The van der Waals surface area contributed by atoms with E-state index in [-0.39, 0.29) is 0 Å². The van der Waals surface area contributed by atoms with Gasteiger partial charge in [-0.3, -0.25) is 0 Å². The van der Waals surface area contributed by atoms with Gasteiger partial charge >= 0.3 is 0 Å². The summed E-state index contributed by atoms with van der Waals surface area (Å²) in [7, 11) is 0. The smallest absolute Gasteiger partial charge is 0.245 e. The van der Waals surface area contributed by atoms with Crippen LogP contribution in [0.2, 0.25) is 0 Å². The van der Waals surface area contributed by atoms with Crippen LogP contribution >= 0.6 is 0 Å². The number of rotatable bonds is 3. The van der Waals surface area contributed by atoms with Crippen LogP contribution in [-0.2, 0) is 0 Å². The number of nitrogens with zero attached hydrogens (tertiary/aromatic N) is 3. The van der Waals surface area contributed by atoms with Crippen LogP contribution in [-0.4, -0.2) is 26.5 Å². The lowest BCUT2D eigenvalue weighted by atomic mass is 9.98. The molecular formula is C14H16N4O. The fourth-order valence-electron chi connectivity index (χ4n) is 2.24. The predicted octanol–water partition coefficient (Wildman–Crippen LogP) is 2.56. The van der Waals surface area contributed by atoms with E-state index in [0.29, 0.717) is 29.7 Å². The quantitative estimate of drug-likeness (QED) is 0.916. The van der Waals surface area contributed by atoms with Crippen molar-refractivity contribution in [3.05, 3.63) is 36.0 Å². The van der Waals surface area contributed by atoms with Gasteiger partial charge in [-0.2, -0.15) is 4.98 Å². The molecular weight excluding hydrogens is 240 g/mol. The maximum absolute atomic E-state index is 5.83. The van der Waals surface area contributed by atoms with E-state index < -0.39 is 0 Å². The minimum atomic E-state index is 0.397. The Morgan fingerprint density at radius 3 is 3.11 bits per heavy atom. The van der Waals surface area contributed by atoms with Gasteiger partial charge in [0.15, 0.2) is 11.2 Å². The average Bonchev–Trinajstić information content (AvgIpc) is 2.84. The van der Waals surface area contributed by atoms with Gasteiger partial charge in [0.05, 0.1) is 12.9 Å². The van der Waals surface area contributed by atoms with E-state index in [1.165, 1.54) is 5.57 Å². The molecule has 0 bridgehead atoms. The van der Waals surface area contributed by atoms with Gasteiger partial charge in [0.2, 0.25) is 5.88 Å². The first-order valence-electron chi connectivity index (χ1n) is 6.38. The molecule has 0 aliphatic heterocycles. The molecule has 1 N–H and O–H groups in total. The molecule has 0 spiro atoms. The zero-order valence-corrected chi connectivity index (χ0v) is 11.1. The molecule has 19 heavy (non-hydrogen) atoms. The second kappa shape index (κ2) is 4.84. The van der Waals surface area contributed by atoms with E-state index in [2.05, 4.69) is 45.1 Å². The molecule has 2 aromatic rings. The number of ether oxygens (including phenoxy) is 1. The van der Waals surface area contributed by atoms with Crippen molar-refractivity contribution in [1.29, 1.82) is 0 Å². The number of nitrogens with one attached hydrogen (secondary N) is 1. The molecule has 1 aliphatic rings. The van der Waals surface area contributed by atoms with Gasteiger partial charge in [0.25, 0.3) is 0 Å². The standard InChI is InChI=1S/C14H16N4O/c1-9-4-3-5-11(6-9)7-19-14-12-13(16-8-15-12)17-10(2)18-14/h3-4,6,8,11H,5,7H2,1-2H3,(H,15,16,17,18). The van der Waals surface area contributed by atoms with Crippen LogP contribution in [0.15, 0.2) is 30.1 Å². The van der Waals surface area contributed by atoms with Crippen molar-refractivity contribution in [2.24, 2.45) is 5.92 Å². The lowest BCUT2D eigenvalue weighted by molar-refractivity contribution is 0.267. The molecule has 1 aliphatic carbocycles. The van der Waals surface area contributed by atoms with E-state index in [1.807, 2.05) is 6.92 Å². The molecule has 5 heteroatoms. The molecule has 98 valence electrons. The van der Waals surface area contributed by atoms with Gasteiger partial charge in [0.1, 0.15) is 5.82 Å². The van der Waals surface area contributed by atoms with Crippen LogP contribution in [0.3, 0.4) is 0 Å². The van der Waals surface area contributed by atoms with Crippen LogP contribution in [0.25, 0.3) is 11.2 Å². The Balaban J connectivity index is 1.78. The number of imidazole rings is 1. The molecule has 3 rings (SSSR count). The Bertz CT molecular complexity index is 657. The lowest BCUT2D eigenvalue weighted by Crippen LogP contribution is -2.12. The largest absolute Gasteiger partial charge is 0.475 e. The Morgan fingerprint density at radius 2 is 2.26 bits per heavy atom. The van der Waals surface area contributed by atoms with Gasteiger partial charge in [0, 0.05) is 5.92 Å². The highest BCUT2D eigenvalue weighted by Crippen LogP contribution is 2.22. The number of allylic oxidation sites excluding steroid dienone is 3. The second-order valence-corrected chi connectivity index (χ2v) is 4.80. The monoisotopic (exact) mass is 256 g/mol. The Hall–Kier alpha value is -2.17. The number of fused-ring (bicyclic) bond motifs is 1. The molecule has 0 radical (unpaired) electrons. The summed E-state index contributed by atoms with van der Waals surface area (Å²) in [5.74, 6) is 1.64. The maximum Gasteiger partial charge on any atom is 0.245 e. The lowest BCUT2D eigenvalue weighted by Gasteiger charge is -2.15. The van der Waals surface area contributed by atoms with Crippen LogP contribution in [0, 0.1) is 12.8 Å². The molecule has 0 saturated carbocycles. The van der Waals surface area contributed by atoms with Crippen molar-refractivity contribution in [3.8, 4) is 5.88 Å².